The second-order valence-electron chi connectivity index (χ2n) is 5.36. The summed E-state index contributed by atoms with van der Waals surface area (Å²) >= 11 is 6.16. The third-order valence-corrected chi connectivity index (χ3v) is 4.22. The molecule has 1 aromatic rings. The Hall–Kier alpha value is -0.970. The lowest BCUT2D eigenvalue weighted by Gasteiger charge is -2.32. The maximum Gasteiger partial charge on any atom is 0.160 e. The largest absolute Gasteiger partial charge is 0.504 e. The van der Waals surface area contributed by atoms with Crippen molar-refractivity contribution in [2.24, 2.45) is 0 Å². The summed E-state index contributed by atoms with van der Waals surface area (Å²) in [6.07, 6.45) is 1.97. The minimum absolute atomic E-state index is 0.0975. The second kappa shape index (κ2) is 7.16. The van der Waals surface area contributed by atoms with Crippen LogP contribution >= 0.6 is 11.6 Å². The lowest BCUT2D eigenvalue weighted by Crippen LogP contribution is -2.44. The Balaban J connectivity index is 1.85. The number of aryl methyl sites for hydroxylation is 1. The van der Waals surface area contributed by atoms with E-state index in [-0.39, 0.29) is 5.75 Å². The Morgan fingerprint density at radius 2 is 1.95 bits per heavy atom. The van der Waals surface area contributed by atoms with Gasteiger partial charge in [-0.2, -0.15) is 0 Å². The summed E-state index contributed by atoms with van der Waals surface area (Å²) in [5.41, 5.74) is 1.04. The summed E-state index contributed by atoms with van der Waals surface area (Å²) in [7, 11) is 3.72. The highest BCUT2D eigenvalue weighted by Gasteiger charge is 2.14. The van der Waals surface area contributed by atoms with Crippen molar-refractivity contribution in [3.05, 3.63) is 22.7 Å². The average molecular weight is 299 g/mol. The molecule has 1 aliphatic heterocycles. The van der Waals surface area contributed by atoms with Crippen molar-refractivity contribution in [1.82, 2.24) is 9.80 Å². The number of benzene rings is 1. The molecule has 1 N–H and O–H groups in total. The van der Waals surface area contributed by atoms with E-state index >= 15 is 0 Å². The van der Waals surface area contributed by atoms with Crippen LogP contribution in [0.3, 0.4) is 0 Å². The number of likely N-dealkylation sites (N-methyl/N-ethyl adjacent to an activating group) is 1. The highest BCUT2D eigenvalue weighted by atomic mass is 35.5. The van der Waals surface area contributed by atoms with Gasteiger partial charge in [-0.05, 0) is 38.1 Å². The quantitative estimate of drug-likeness (QED) is 0.904. The zero-order valence-corrected chi connectivity index (χ0v) is 13.0. The first-order chi connectivity index (χ1) is 9.60. The van der Waals surface area contributed by atoms with Crippen LogP contribution in [0.2, 0.25) is 5.02 Å². The molecule has 0 aromatic heterocycles. The van der Waals surface area contributed by atoms with Gasteiger partial charge < -0.3 is 19.6 Å². The maximum atomic E-state index is 9.65. The Labute approximate surface area is 125 Å². The SMILES string of the molecule is COc1cc(CCCN2CCN(C)CC2)c(Cl)cc1O. The van der Waals surface area contributed by atoms with Crippen molar-refractivity contribution in [2.45, 2.75) is 12.8 Å². The van der Waals surface area contributed by atoms with Gasteiger partial charge in [0.2, 0.25) is 0 Å². The molecular formula is C15H23ClN2O2. The van der Waals surface area contributed by atoms with Crippen LogP contribution in [0.4, 0.5) is 0 Å². The maximum absolute atomic E-state index is 9.65. The molecule has 0 radical (unpaired) electrons. The molecular weight excluding hydrogens is 276 g/mol. The molecule has 0 amide bonds. The minimum atomic E-state index is 0.0975. The fourth-order valence-electron chi connectivity index (χ4n) is 2.50. The summed E-state index contributed by atoms with van der Waals surface area (Å²) in [6.45, 7) is 5.67. The van der Waals surface area contributed by atoms with Crippen LogP contribution < -0.4 is 4.74 Å². The normalized spacial score (nSPS) is 17.4. The second-order valence-corrected chi connectivity index (χ2v) is 5.77. The van der Waals surface area contributed by atoms with Crippen LogP contribution in [0, 0.1) is 0 Å². The Kier molecular flexibility index (Phi) is 5.52. The van der Waals surface area contributed by atoms with Crippen molar-refractivity contribution in [2.75, 3.05) is 46.9 Å². The Morgan fingerprint density at radius 3 is 2.60 bits per heavy atom. The Bertz CT molecular complexity index is 446. The summed E-state index contributed by atoms with van der Waals surface area (Å²) in [4.78, 5) is 4.85. The molecule has 5 heteroatoms. The van der Waals surface area contributed by atoms with Crippen LogP contribution in [0.25, 0.3) is 0 Å². The van der Waals surface area contributed by atoms with Gasteiger partial charge >= 0.3 is 0 Å². The molecule has 0 atom stereocenters. The number of rotatable bonds is 5. The smallest absolute Gasteiger partial charge is 0.160 e. The van der Waals surface area contributed by atoms with E-state index in [9.17, 15) is 5.11 Å². The topological polar surface area (TPSA) is 35.9 Å². The van der Waals surface area contributed by atoms with E-state index in [1.165, 1.54) is 0 Å². The van der Waals surface area contributed by atoms with Gasteiger partial charge in [0, 0.05) is 37.3 Å². The molecule has 112 valence electrons. The zero-order valence-electron chi connectivity index (χ0n) is 12.2. The molecule has 4 nitrogen and oxygen atoms in total. The van der Waals surface area contributed by atoms with Gasteiger partial charge in [0.05, 0.1) is 7.11 Å². The molecule has 1 heterocycles. The molecule has 0 unspecified atom stereocenters. The first-order valence-corrected chi connectivity index (χ1v) is 7.44. The van der Waals surface area contributed by atoms with Gasteiger partial charge in [-0.15, -0.1) is 0 Å². The van der Waals surface area contributed by atoms with Crippen LogP contribution in [-0.2, 0) is 6.42 Å². The number of aromatic hydroxyl groups is 1. The molecule has 20 heavy (non-hydrogen) atoms. The van der Waals surface area contributed by atoms with E-state index in [0.717, 1.165) is 51.1 Å². The number of phenolic OH excluding ortho intramolecular Hbond substituents is 1. The van der Waals surface area contributed by atoms with Crippen molar-refractivity contribution < 1.29 is 9.84 Å². The van der Waals surface area contributed by atoms with Gasteiger partial charge in [-0.1, -0.05) is 11.6 Å². The van der Waals surface area contributed by atoms with Crippen molar-refractivity contribution in [1.29, 1.82) is 0 Å². The van der Waals surface area contributed by atoms with Crippen molar-refractivity contribution in [3.8, 4) is 11.5 Å². The number of hydrogen-bond donors (Lipinski definition) is 1. The van der Waals surface area contributed by atoms with E-state index in [1.807, 2.05) is 6.07 Å². The lowest BCUT2D eigenvalue weighted by molar-refractivity contribution is 0.153. The monoisotopic (exact) mass is 298 g/mol. The van der Waals surface area contributed by atoms with E-state index < -0.39 is 0 Å². The van der Waals surface area contributed by atoms with Crippen molar-refractivity contribution >= 4 is 11.6 Å². The van der Waals surface area contributed by atoms with E-state index in [0.29, 0.717) is 10.8 Å². The molecule has 0 bridgehead atoms. The first-order valence-electron chi connectivity index (χ1n) is 7.06. The predicted molar refractivity (Wildman–Crippen MR) is 81.9 cm³/mol. The predicted octanol–water partition coefficient (Wildman–Crippen LogP) is 2.23. The molecule has 0 aliphatic carbocycles. The van der Waals surface area contributed by atoms with E-state index in [4.69, 9.17) is 16.3 Å². The van der Waals surface area contributed by atoms with Crippen molar-refractivity contribution in [3.63, 3.8) is 0 Å². The van der Waals surface area contributed by atoms with E-state index in [2.05, 4.69) is 16.8 Å². The first kappa shape index (κ1) is 15.4. The summed E-state index contributed by atoms with van der Waals surface area (Å²) < 4.78 is 5.12. The molecule has 2 rings (SSSR count). The number of nitrogens with zero attached hydrogens (tertiary/aromatic N) is 2. The molecule has 1 saturated heterocycles. The van der Waals surface area contributed by atoms with Crippen LogP contribution in [0.5, 0.6) is 11.5 Å². The summed E-state index contributed by atoms with van der Waals surface area (Å²) in [5, 5.41) is 10.3. The number of hydrogen-bond acceptors (Lipinski definition) is 4. The fourth-order valence-corrected chi connectivity index (χ4v) is 2.76. The average Bonchev–Trinajstić information content (AvgIpc) is 2.43. The molecule has 1 aliphatic rings. The minimum Gasteiger partial charge on any atom is -0.504 e. The molecule has 1 fully saturated rings. The zero-order chi connectivity index (χ0) is 14.5. The number of methoxy groups -OCH3 is 1. The summed E-state index contributed by atoms with van der Waals surface area (Å²) in [6, 6.07) is 3.40. The van der Waals surface area contributed by atoms with Gasteiger partial charge in [0.1, 0.15) is 0 Å². The third kappa shape index (κ3) is 4.01. The molecule has 0 saturated carbocycles. The standard InChI is InChI=1S/C15H23ClN2O2/c1-17-6-8-18(9-7-17)5-3-4-12-10-15(20-2)14(19)11-13(12)16/h10-11,19H,3-9H2,1-2H3. The number of ether oxygens (including phenoxy) is 1. The fraction of sp³-hybridized carbons (Fsp3) is 0.600. The Morgan fingerprint density at radius 1 is 1.25 bits per heavy atom. The van der Waals surface area contributed by atoms with Gasteiger partial charge in [-0.3, -0.25) is 0 Å². The third-order valence-electron chi connectivity index (χ3n) is 3.86. The van der Waals surface area contributed by atoms with Crippen LogP contribution in [-0.4, -0.2) is 61.8 Å². The lowest BCUT2D eigenvalue weighted by atomic mass is 10.1. The van der Waals surface area contributed by atoms with Gasteiger partial charge in [-0.25, -0.2) is 0 Å². The summed E-state index contributed by atoms with van der Waals surface area (Å²) in [5.74, 6) is 0.587. The highest BCUT2D eigenvalue weighted by Crippen LogP contribution is 2.32. The van der Waals surface area contributed by atoms with Gasteiger partial charge in [0.25, 0.3) is 0 Å². The van der Waals surface area contributed by atoms with Gasteiger partial charge in [0.15, 0.2) is 11.5 Å². The number of phenols is 1. The van der Waals surface area contributed by atoms with Crippen LogP contribution in [0.15, 0.2) is 12.1 Å². The molecule has 1 aromatic carbocycles. The molecule has 0 spiro atoms. The van der Waals surface area contributed by atoms with Crippen LogP contribution in [0.1, 0.15) is 12.0 Å². The van der Waals surface area contributed by atoms with E-state index in [1.54, 1.807) is 13.2 Å². The number of piperazine rings is 1. The number of halogens is 1. The highest BCUT2D eigenvalue weighted by molar-refractivity contribution is 6.31.